The van der Waals surface area contributed by atoms with Crippen molar-refractivity contribution in [3.63, 3.8) is 0 Å². The van der Waals surface area contributed by atoms with Crippen molar-refractivity contribution in [2.45, 2.75) is 25.9 Å². The Balaban J connectivity index is 2.82. The third-order valence-electron chi connectivity index (χ3n) is 2.85. The molecule has 0 saturated carbocycles. The van der Waals surface area contributed by atoms with Gasteiger partial charge in [0.05, 0.1) is 20.8 Å². The van der Waals surface area contributed by atoms with Crippen molar-refractivity contribution in [3.05, 3.63) is 17.7 Å². The van der Waals surface area contributed by atoms with E-state index < -0.39 is 0 Å². The van der Waals surface area contributed by atoms with Crippen LogP contribution in [-0.4, -0.2) is 37.1 Å². The van der Waals surface area contributed by atoms with Crippen LogP contribution in [0.15, 0.2) is 12.1 Å². The summed E-state index contributed by atoms with van der Waals surface area (Å²) in [7, 11) is 2.99. The molecule has 0 aliphatic heterocycles. The van der Waals surface area contributed by atoms with Gasteiger partial charge in [-0.3, -0.25) is 0 Å². The Morgan fingerprint density at radius 3 is 2.17 bits per heavy atom. The molecule has 1 aromatic rings. The number of phenolic OH excluding ortho intramolecular Hbond substituents is 1. The Hall–Kier alpha value is -1.46. The highest BCUT2D eigenvalue weighted by Crippen LogP contribution is 2.36. The van der Waals surface area contributed by atoms with Crippen LogP contribution in [-0.2, 0) is 6.54 Å². The van der Waals surface area contributed by atoms with Crippen molar-refractivity contribution >= 4 is 0 Å². The Morgan fingerprint density at radius 1 is 1.22 bits per heavy atom. The largest absolute Gasteiger partial charge is 0.502 e. The standard InChI is InChI=1S/C13H21NO4/c1-4-10(8-15)14-7-9-5-11(17-2)13(16)12(6-9)18-3/h5-6,10,14-16H,4,7-8H2,1-3H3. The van der Waals surface area contributed by atoms with Crippen LogP contribution in [0.3, 0.4) is 0 Å². The molecule has 0 aliphatic rings. The number of aliphatic hydroxyl groups is 1. The van der Waals surface area contributed by atoms with E-state index in [0.717, 1.165) is 12.0 Å². The van der Waals surface area contributed by atoms with Crippen LogP contribution >= 0.6 is 0 Å². The van der Waals surface area contributed by atoms with Gasteiger partial charge in [-0.05, 0) is 24.1 Å². The molecule has 0 fully saturated rings. The summed E-state index contributed by atoms with van der Waals surface area (Å²) in [5, 5.41) is 22.1. The number of phenols is 1. The molecule has 5 heteroatoms. The van der Waals surface area contributed by atoms with E-state index in [0.29, 0.717) is 18.0 Å². The lowest BCUT2D eigenvalue weighted by Gasteiger charge is -2.15. The van der Waals surface area contributed by atoms with Gasteiger partial charge in [0.2, 0.25) is 5.75 Å². The quantitative estimate of drug-likeness (QED) is 0.684. The number of methoxy groups -OCH3 is 2. The summed E-state index contributed by atoms with van der Waals surface area (Å²) in [6, 6.07) is 3.56. The molecule has 0 amide bonds. The molecule has 1 unspecified atom stereocenters. The van der Waals surface area contributed by atoms with Crippen molar-refractivity contribution in [2.24, 2.45) is 0 Å². The van der Waals surface area contributed by atoms with E-state index in [1.54, 1.807) is 12.1 Å². The molecule has 0 bridgehead atoms. The second-order valence-electron chi connectivity index (χ2n) is 4.02. The van der Waals surface area contributed by atoms with Crippen LogP contribution in [0.1, 0.15) is 18.9 Å². The topological polar surface area (TPSA) is 71.0 Å². The normalized spacial score (nSPS) is 12.2. The first kappa shape index (κ1) is 14.6. The SMILES string of the molecule is CCC(CO)NCc1cc(OC)c(O)c(OC)c1. The molecule has 1 rings (SSSR count). The second-order valence-corrected chi connectivity index (χ2v) is 4.02. The second kappa shape index (κ2) is 7.08. The number of benzene rings is 1. The van der Waals surface area contributed by atoms with Crippen molar-refractivity contribution in [1.82, 2.24) is 5.32 Å². The molecule has 5 nitrogen and oxygen atoms in total. The number of aromatic hydroxyl groups is 1. The van der Waals surface area contributed by atoms with Crippen LogP contribution in [0.4, 0.5) is 0 Å². The maximum absolute atomic E-state index is 9.77. The summed E-state index contributed by atoms with van der Waals surface area (Å²) in [6.45, 7) is 2.68. The van der Waals surface area contributed by atoms with Crippen LogP contribution in [0, 0.1) is 0 Å². The number of ether oxygens (including phenoxy) is 2. The van der Waals surface area contributed by atoms with Gasteiger partial charge in [0.25, 0.3) is 0 Å². The first-order chi connectivity index (χ1) is 8.65. The molecular formula is C13H21NO4. The third-order valence-corrected chi connectivity index (χ3v) is 2.85. The highest BCUT2D eigenvalue weighted by atomic mass is 16.5. The van der Waals surface area contributed by atoms with Crippen molar-refractivity contribution in [3.8, 4) is 17.2 Å². The molecule has 0 spiro atoms. The minimum Gasteiger partial charge on any atom is -0.502 e. The summed E-state index contributed by atoms with van der Waals surface area (Å²) in [5.74, 6) is 0.754. The molecule has 0 saturated heterocycles. The molecule has 0 aromatic heterocycles. The van der Waals surface area contributed by atoms with Crippen LogP contribution < -0.4 is 14.8 Å². The van der Waals surface area contributed by atoms with Gasteiger partial charge in [0.15, 0.2) is 11.5 Å². The number of hydrogen-bond acceptors (Lipinski definition) is 5. The van der Waals surface area contributed by atoms with Gasteiger partial charge in [-0.15, -0.1) is 0 Å². The van der Waals surface area contributed by atoms with E-state index in [-0.39, 0.29) is 18.4 Å². The Bertz CT molecular complexity index is 352. The maximum atomic E-state index is 9.77. The third kappa shape index (κ3) is 3.51. The monoisotopic (exact) mass is 255 g/mol. The predicted molar refractivity (Wildman–Crippen MR) is 69.2 cm³/mol. The Labute approximate surface area is 107 Å². The fourth-order valence-electron chi connectivity index (χ4n) is 1.65. The molecule has 0 aliphatic carbocycles. The summed E-state index contributed by atoms with van der Waals surface area (Å²) in [5.41, 5.74) is 0.924. The summed E-state index contributed by atoms with van der Waals surface area (Å²) in [6.07, 6.45) is 0.850. The fourth-order valence-corrected chi connectivity index (χ4v) is 1.65. The molecule has 1 aromatic carbocycles. The van der Waals surface area contributed by atoms with E-state index >= 15 is 0 Å². The first-order valence-corrected chi connectivity index (χ1v) is 5.94. The maximum Gasteiger partial charge on any atom is 0.200 e. The lowest BCUT2D eigenvalue weighted by atomic mass is 10.1. The summed E-state index contributed by atoms with van der Waals surface area (Å²) < 4.78 is 10.2. The zero-order valence-corrected chi connectivity index (χ0v) is 11.1. The smallest absolute Gasteiger partial charge is 0.200 e. The first-order valence-electron chi connectivity index (χ1n) is 5.94. The summed E-state index contributed by atoms with van der Waals surface area (Å²) in [4.78, 5) is 0. The molecule has 3 N–H and O–H groups in total. The van der Waals surface area contributed by atoms with Gasteiger partial charge in [-0.1, -0.05) is 6.92 Å². The molecule has 1 atom stereocenters. The molecular weight excluding hydrogens is 234 g/mol. The Morgan fingerprint density at radius 2 is 1.78 bits per heavy atom. The minimum absolute atomic E-state index is 0.00190. The number of nitrogens with one attached hydrogen (secondary N) is 1. The molecule has 18 heavy (non-hydrogen) atoms. The van der Waals surface area contributed by atoms with Crippen molar-refractivity contribution in [1.29, 1.82) is 0 Å². The van der Waals surface area contributed by atoms with E-state index in [1.165, 1.54) is 14.2 Å². The highest BCUT2D eigenvalue weighted by Gasteiger charge is 2.12. The van der Waals surface area contributed by atoms with Crippen molar-refractivity contribution < 1.29 is 19.7 Å². The number of rotatable bonds is 7. The van der Waals surface area contributed by atoms with Gasteiger partial charge in [-0.25, -0.2) is 0 Å². The van der Waals surface area contributed by atoms with Gasteiger partial charge in [0, 0.05) is 12.6 Å². The molecule has 0 heterocycles. The fraction of sp³-hybridized carbons (Fsp3) is 0.538. The zero-order valence-electron chi connectivity index (χ0n) is 11.1. The highest BCUT2D eigenvalue weighted by molar-refractivity contribution is 5.52. The van der Waals surface area contributed by atoms with Crippen LogP contribution in [0.2, 0.25) is 0 Å². The van der Waals surface area contributed by atoms with E-state index in [1.807, 2.05) is 6.92 Å². The van der Waals surface area contributed by atoms with Crippen molar-refractivity contribution in [2.75, 3.05) is 20.8 Å². The average Bonchev–Trinajstić information content (AvgIpc) is 2.41. The van der Waals surface area contributed by atoms with Crippen LogP contribution in [0.5, 0.6) is 17.2 Å². The van der Waals surface area contributed by atoms with Gasteiger partial charge in [0.1, 0.15) is 0 Å². The molecule has 102 valence electrons. The molecule has 0 radical (unpaired) electrons. The average molecular weight is 255 g/mol. The van der Waals surface area contributed by atoms with Gasteiger partial charge >= 0.3 is 0 Å². The lowest BCUT2D eigenvalue weighted by Crippen LogP contribution is -2.31. The Kier molecular flexibility index (Phi) is 5.74. The number of hydrogen-bond donors (Lipinski definition) is 3. The van der Waals surface area contributed by atoms with Gasteiger partial charge < -0.3 is 25.0 Å². The lowest BCUT2D eigenvalue weighted by molar-refractivity contribution is 0.238. The van der Waals surface area contributed by atoms with E-state index in [2.05, 4.69) is 5.32 Å². The minimum atomic E-state index is -0.00190. The number of aliphatic hydroxyl groups excluding tert-OH is 1. The summed E-state index contributed by atoms with van der Waals surface area (Å²) >= 11 is 0. The van der Waals surface area contributed by atoms with Crippen LogP contribution in [0.25, 0.3) is 0 Å². The predicted octanol–water partition coefficient (Wildman–Crippen LogP) is 1.27. The zero-order chi connectivity index (χ0) is 13.5. The van der Waals surface area contributed by atoms with E-state index in [9.17, 15) is 5.11 Å². The van der Waals surface area contributed by atoms with E-state index in [4.69, 9.17) is 14.6 Å². The van der Waals surface area contributed by atoms with Gasteiger partial charge in [-0.2, -0.15) is 0 Å².